The zero-order valence-electron chi connectivity index (χ0n) is 12.2. The van der Waals surface area contributed by atoms with Crippen molar-refractivity contribution >= 4 is 0 Å². The van der Waals surface area contributed by atoms with E-state index in [4.69, 9.17) is 4.74 Å². The molecule has 0 atom stereocenters. The lowest BCUT2D eigenvalue weighted by molar-refractivity contribution is 0.180. The zero-order chi connectivity index (χ0) is 14.3. The van der Waals surface area contributed by atoms with Gasteiger partial charge in [0.05, 0.1) is 5.69 Å². The monoisotopic (exact) mass is 283 g/mol. The van der Waals surface area contributed by atoms with E-state index in [1.807, 2.05) is 36.5 Å². The Labute approximate surface area is 125 Å². The molecule has 2 aromatic heterocycles. The van der Waals surface area contributed by atoms with E-state index in [0.29, 0.717) is 12.5 Å². The number of ether oxygens (including phenoxy) is 1. The number of piperidine rings is 1. The summed E-state index contributed by atoms with van der Waals surface area (Å²) in [5.74, 6) is 0.687. The molecule has 3 heterocycles. The van der Waals surface area contributed by atoms with Gasteiger partial charge in [0.25, 0.3) is 0 Å². The molecule has 0 aliphatic carbocycles. The van der Waals surface area contributed by atoms with Gasteiger partial charge in [-0.15, -0.1) is 0 Å². The van der Waals surface area contributed by atoms with Crippen molar-refractivity contribution in [1.29, 1.82) is 0 Å². The lowest BCUT2D eigenvalue weighted by Gasteiger charge is -2.26. The first-order chi connectivity index (χ1) is 10.4. The van der Waals surface area contributed by atoms with E-state index in [0.717, 1.165) is 17.8 Å². The average Bonchev–Trinajstić information content (AvgIpc) is 2.57. The van der Waals surface area contributed by atoms with Crippen LogP contribution in [0.5, 0.6) is 5.88 Å². The number of hydrogen-bond donors (Lipinski definition) is 0. The van der Waals surface area contributed by atoms with Gasteiger partial charge in [-0.25, -0.2) is 4.98 Å². The lowest BCUT2D eigenvalue weighted by Crippen LogP contribution is -2.33. The summed E-state index contributed by atoms with van der Waals surface area (Å²) in [6.07, 6.45) is 7.61. The van der Waals surface area contributed by atoms with Crippen LogP contribution in [-0.2, 0) is 0 Å². The summed E-state index contributed by atoms with van der Waals surface area (Å²) in [5, 5.41) is 0. The summed E-state index contributed by atoms with van der Waals surface area (Å²) in [6.45, 7) is 4.10. The molecule has 0 radical (unpaired) electrons. The molecule has 21 heavy (non-hydrogen) atoms. The predicted octanol–water partition coefficient (Wildman–Crippen LogP) is 3.01. The molecule has 1 aliphatic rings. The minimum atomic E-state index is 0.687. The van der Waals surface area contributed by atoms with E-state index in [9.17, 15) is 0 Å². The van der Waals surface area contributed by atoms with E-state index < -0.39 is 0 Å². The first-order valence-corrected chi connectivity index (χ1v) is 7.64. The molecule has 0 aromatic carbocycles. The average molecular weight is 283 g/mol. The van der Waals surface area contributed by atoms with Gasteiger partial charge in [0.15, 0.2) is 0 Å². The molecule has 4 nitrogen and oxygen atoms in total. The van der Waals surface area contributed by atoms with Gasteiger partial charge < -0.3 is 4.74 Å². The predicted molar refractivity (Wildman–Crippen MR) is 83.3 cm³/mol. The molecule has 1 aliphatic heterocycles. The Balaban J connectivity index is 1.50. The molecule has 0 N–H and O–H groups in total. The fourth-order valence-electron chi connectivity index (χ4n) is 2.61. The van der Waals surface area contributed by atoms with Gasteiger partial charge in [-0.2, -0.15) is 0 Å². The lowest BCUT2D eigenvalue weighted by atomic mass is 10.1. The Hall–Kier alpha value is -1.94. The van der Waals surface area contributed by atoms with Crippen LogP contribution in [0.1, 0.15) is 19.3 Å². The van der Waals surface area contributed by atoms with Gasteiger partial charge in [0.1, 0.15) is 6.61 Å². The van der Waals surface area contributed by atoms with Crippen molar-refractivity contribution < 1.29 is 4.74 Å². The third kappa shape index (κ3) is 4.02. The van der Waals surface area contributed by atoms with Crippen molar-refractivity contribution in [3.8, 4) is 17.1 Å². The van der Waals surface area contributed by atoms with Crippen LogP contribution in [0.25, 0.3) is 11.3 Å². The molecule has 1 saturated heterocycles. The number of pyridine rings is 2. The largest absolute Gasteiger partial charge is 0.476 e. The molecule has 0 amide bonds. The van der Waals surface area contributed by atoms with Crippen molar-refractivity contribution in [1.82, 2.24) is 14.9 Å². The Morgan fingerprint density at radius 3 is 2.62 bits per heavy atom. The fraction of sp³-hybridized carbons (Fsp3) is 0.412. The third-order valence-electron chi connectivity index (χ3n) is 3.80. The number of likely N-dealkylation sites (tertiary alicyclic amines) is 1. The maximum atomic E-state index is 5.73. The van der Waals surface area contributed by atoms with Crippen LogP contribution in [0.2, 0.25) is 0 Å². The van der Waals surface area contributed by atoms with Crippen molar-refractivity contribution in [2.24, 2.45) is 0 Å². The molecule has 1 fully saturated rings. The first kappa shape index (κ1) is 14.0. The molecule has 4 heteroatoms. The van der Waals surface area contributed by atoms with E-state index in [1.54, 1.807) is 6.20 Å². The van der Waals surface area contributed by atoms with Crippen LogP contribution in [0.15, 0.2) is 42.7 Å². The van der Waals surface area contributed by atoms with Crippen LogP contribution < -0.4 is 4.74 Å². The topological polar surface area (TPSA) is 38.2 Å². The Kier molecular flexibility index (Phi) is 4.79. The second kappa shape index (κ2) is 7.18. The fourth-order valence-corrected chi connectivity index (χ4v) is 2.61. The smallest absolute Gasteiger partial charge is 0.213 e. The van der Waals surface area contributed by atoms with E-state index in [-0.39, 0.29) is 0 Å². The van der Waals surface area contributed by atoms with Crippen molar-refractivity contribution in [2.75, 3.05) is 26.2 Å². The molecule has 2 aromatic rings. The standard InChI is InChI=1S/C17H21N3O/c1-4-10-20(11-5-1)12-13-21-17-8-7-15(14-19-17)16-6-2-3-9-18-16/h2-3,6-9,14H,1,4-5,10-13H2. The summed E-state index contributed by atoms with van der Waals surface area (Å²) in [5.41, 5.74) is 1.95. The highest BCUT2D eigenvalue weighted by Gasteiger charge is 2.09. The third-order valence-corrected chi connectivity index (χ3v) is 3.80. The molecular formula is C17H21N3O. The first-order valence-electron chi connectivity index (χ1n) is 7.64. The van der Waals surface area contributed by atoms with Crippen LogP contribution >= 0.6 is 0 Å². The highest BCUT2D eigenvalue weighted by molar-refractivity contribution is 5.57. The van der Waals surface area contributed by atoms with Crippen LogP contribution in [0.4, 0.5) is 0 Å². The molecule has 3 rings (SSSR count). The van der Waals surface area contributed by atoms with Crippen molar-refractivity contribution in [3.63, 3.8) is 0 Å². The molecule has 0 unspecified atom stereocenters. The van der Waals surface area contributed by atoms with Crippen LogP contribution in [-0.4, -0.2) is 41.1 Å². The quantitative estimate of drug-likeness (QED) is 0.845. The van der Waals surface area contributed by atoms with Crippen LogP contribution in [0, 0.1) is 0 Å². The van der Waals surface area contributed by atoms with Crippen molar-refractivity contribution in [3.05, 3.63) is 42.7 Å². The van der Waals surface area contributed by atoms with Gasteiger partial charge in [0, 0.05) is 30.6 Å². The minimum Gasteiger partial charge on any atom is -0.476 e. The molecule has 0 saturated carbocycles. The second-order valence-electron chi connectivity index (χ2n) is 5.35. The van der Waals surface area contributed by atoms with E-state index in [1.165, 1.54) is 32.4 Å². The van der Waals surface area contributed by atoms with Gasteiger partial charge in [-0.1, -0.05) is 12.5 Å². The maximum absolute atomic E-state index is 5.73. The van der Waals surface area contributed by atoms with Gasteiger partial charge >= 0.3 is 0 Å². The zero-order valence-corrected chi connectivity index (χ0v) is 12.2. The Morgan fingerprint density at radius 2 is 1.90 bits per heavy atom. The normalized spacial score (nSPS) is 15.8. The number of hydrogen-bond acceptors (Lipinski definition) is 4. The summed E-state index contributed by atoms with van der Waals surface area (Å²) in [7, 11) is 0. The van der Waals surface area contributed by atoms with E-state index in [2.05, 4.69) is 14.9 Å². The van der Waals surface area contributed by atoms with Crippen LogP contribution in [0.3, 0.4) is 0 Å². The molecule has 0 spiro atoms. The molecular weight excluding hydrogens is 262 g/mol. The maximum Gasteiger partial charge on any atom is 0.213 e. The summed E-state index contributed by atoms with van der Waals surface area (Å²) in [4.78, 5) is 11.1. The summed E-state index contributed by atoms with van der Waals surface area (Å²) >= 11 is 0. The highest BCUT2D eigenvalue weighted by Crippen LogP contribution is 2.17. The number of rotatable bonds is 5. The van der Waals surface area contributed by atoms with Gasteiger partial charge in [0.2, 0.25) is 5.88 Å². The summed E-state index contributed by atoms with van der Waals surface area (Å²) < 4.78 is 5.73. The Morgan fingerprint density at radius 1 is 1.00 bits per heavy atom. The highest BCUT2D eigenvalue weighted by atomic mass is 16.5. The summed E-state index contributed by atoms with van der Waals surface area (Å²) in [6, 6.07) is 9.79. The Bertz CT molecular complexity index is 536. The minimum absolute atomic E-state index is 0.687. The van der Waals surface area contributed by atoms with E-state index >= 15 is 0 Å². The van der Waals surface area contributed by atoms with Gasteiger partial charge in [-0.05, 0) is 44.1 Å². The second-order valence-corrected chi connectivity index (χ2v) is 5.35. The van der Waals surface area contributed by atoms with Crippen molar-refractivity contribution in [2.45, 2.75) is 19.3 Å². The van der Waals surface area contributed by atoms with Gasteiger partial charge in [-0.3, -0.25) is 9.88 Å². The SMILES string of the molecule is c1ccc(-c2ccc(OCCN3CCCCC3)nc2)nc1. The number of aromatic nitrogens is 2. The molecule has 110 valence electrons. The molecule has 0 bridgehead atoms. The number of nitrogens with zero attached hydrogens (tertiary/aromatic N) is 3.